The molecule has 1 aliphatic rings. The lowest BCUT2D eigenvalue weighted by Gasteiger charge is -2.28. The van der Waals surface area contributed by atoms with Gasteiger partial charge in [0.15, 0.2) is 0 Å². The van der Waals surface area contributed by atoms with Crippen molar-refractivity contribution < 1.29 is 0 Å². The quantitative estimate of drug-likeness (QED) is 0.831. The van der Waals surface area contributed by atoms with Crippen LogP contribution in [-0.2, 0) is 6.54 Å². The van der Waals surface area contributed by atoms with Gasteiger partial charge in [-0.15, -0.1) is 0 Å². The van der Waals surface area contributed by atoms with Crippen LogP contribution in [0.15, 0.2) is 12.3 Å². The van der Waals surface area contributed by atoms with E-state index in [2.05, 4.69) is 28.2 Å². The highest BCUT2D eigenvalue weighted by molar-refractivity contribution is 6.31. The van der Waals surface area contributed by atoms with Gasteiger partial charge in [-0.3, -0.25) is 0 Å². The van der Waals surface area contributed by atoms with E-state index in [0.29, 0.717) is 0 Å². The van der Waals surface area contributed by atoms with E-state index in [1.54, 1.807) is 6.20 Å². The zero-order valence-electron chi connectivity index (χ0n) is 11.1. The molecule has 0 atom stereocenters. The van der Waals surface area contributed by atoms with Crippen LogP contribution in [0, 0.1) is 0 Å². The minimum atomic E-state index is 0.763. The molecule has 2 rings (SSSR count). The van der Waals surface area contributed by atoms with E-state index in [1.807, 2.05) is 0 Å². The second-order valence-corrected chi connectivity index (χ2v) is 5.27. The average molecular weight is 268 g/mol. The molecule has 0 unspecified atom stereocenters. The van der Waals surface area contributed by atoms with E-state index in [-0.39, 0.29) is 0 Å². The summed E-state index contributed by atoms with van der Waals surface area (Å²) in [6, 6.07) is 2.14. The Morgan fingerprint density at radius 2 is 2.11 bits per heavy atom. The van der Waals surface area contributed by atoms with Gasteiger partial charge in [-0.05, 0) is 43.9 Å². The summed E-state index contributed by atoms with van der Waals surface area (Å²) in [7, 11) is 0. The van der Waals surface area contributed by atoms with Crippen molar-refractivity contribution in [3.05, 3.63) is 22.8 Å². The Labute approximate surface area is 115 Å². The van der Waals surface area contributed by atoms with Gasteiger partial charge in [0, 0.05) is 25.8 Å². The molecule has 1 aromatic rings. The van der Waals surface area contributed by atoms with Crippen LogP contribution in [0.25, 0.3) is 0 Å². The molecule has 0 aliphatic carbocycles. The zero-order valence-corrected chi connectivity index (χ0v) is 11.8. The SMILES string of the molecule is CCCNCc1cc(N2CCCCC2)ncc1Cl. The monoisotopic (exact) mass is 267 g/mol. The fraction of sp³-hybridized carbons (Fsp3) is 0.643. The van der Waals surface area contributed by atoms with Gasteiger partial charge in [-0.1, -0.05) is 18.5 Å². The first-order chi connectivity index (χ1) is 8.81. The Morgan fingerprint density at radius 3 is 2.83 bits per heavy atom. The third-order valence-electron chi connectivity index (χ3n) is 3.34. The van der Waals surface area contributed by atoms with E-state index in [1.165, 1.54) is 19.3 Å². The minimum absolute atomic E-state index is 0.763. The van der Waals surface area contributed by atoms with Crippen LogP contribution < -0.4 is 10.2 Å². The zero-order chi connectivity index (χ0) is 12.8. The molecule has 1 aromatic heterocycles. The van der Waals surface area contributed by atoms with Crippen LogP contribution in [0.5, 0.6) is 0 Å². The summed E-state index contributed by atoms with van der Waals surface area (Å²) in [5, 5.41) is 4.15. The highest BCUT2D eigenvalue weighted by Gasteiger charge is 2.13. The topological polar surface area (TPSA) is 28.2 Å². The van der Waals surface area contributed by atoms with Crippen LogP contribution in [-0.4, -0.2) is 24.6 Å². The standard InChI is InChI=1S/C14H22ClN3/c1-2-6-16-10-12-9-14(17-11-13(12)15)18-7-4-3-5-8-18/h9,11,16H,2-8,10H2,1H3. The first kappa shape index (κ1) is 13.6. The second-order valence-electron chi connectivity index (χ2n) is 4.86. The van der Waals surface area contributed by atoms with Crippen molar-refractivity contribution >= 4 is 17.4 Å². The van der Waals surface area contributed by atoms with Crippen molar-refractivity contribution in [2.45, 2.75) is 39.2 Å². The Kier molecular flexibility index (Phi) is 5.26. The van der Waals surface area contributed by atoms with E-state index in [4.69, 9.17) is 11.6 Å². The maximum Gasteiger partial charge on any atom is 0.128 e. The second kappa shape index (κ2) is 6.95. The summed E-state index contributed by atoms with van der Waals surface area (Å²) in [5.74, 6) is 1.08. The van der Waals surface area contributed by atoms with Gasteiger partial charge in [0.1, 0.15) is 5.82 Å². The van der Waals surface area contributed by atoms with E-state index >= 15 is 0 Å². The Bertz CT molecular complexity index is 375. The molecule has 0 aromatic carbocycles. The Balaban J connectivity index is 2.04. The number of hydrogen-bond acceptors (Lipinski definition) is 3. The maximum absolute atomic E-state index is 6.19. The predicted octanol–water partition coefficient (Wildman–Crippen LogP) is 3.22. The van der Waals surface area contributed by atoms with Gasteiger partial charge in [-0.2, -0.15) is 0 Å². The van der Waals surface area contributed by atoms with Crippen molar-refractivity contribution in [1.82, 2.24) is 10.3 Å². The van der Waals surface area contributed by atoms with Gasteiger partial charge in [0.2, 0.25) is 0 Å². The first-order valence-corrected chi connectivity index (χ1v) is 7.29. The van der Waals surface area contributed by atoms with Crippen molar-refractivity contribution in [2.75, 3.05) is 24.5 Å². The molecule has 3 nitrogen and oxygen atoms in total. The third kappa shape index (κ3) is 3.59. The highest BCUT2D eigenvalue weighted by atomic mass is 35.5. The molecule has 1 N–H and O–H groups in total. The Hall–Kier alpha value is -0.800. The van der Waals surface area contributed by atoms with Crippen molar-refractivity contribution in [2.24, 2.45) is 0 Å². The molecule has 1 aliphatic heterocycles. The number of aromatic nitrogens is 1. The number of nitrogens with one attached hydrogen (secondary N) is 1. The fourth-order valence-electron chi connectivity index (χ4n) is 2.30. The number of anilines is 1. The molecule has 0 spiro atoms. The summed E-state index contributed by atoms with van der Waals surface area (Å²) >= 11 is 6.19. The van der Waals surface area contributed by atoms with Gasteiger partial charge in [0.05, 0.1) is 5.02 Å². The largest absolute Gasteiger partial charge is 0.357 e. The molecule has 0 bridgehead atoms. The molecule has 1 fully saturated rings. The molecule has 0 amide bonds. The molecule has 0 radical (unpaired) electrons. The number of nitrogens with zero attached hydrogens (tertiary/aromatic N) is 2. The molecular formula is C14H22ClN3. The number of rotatable bonds is 5. The summed E-state index contributed by atoms with van der Waals surface area (Å²) in [6.45, 7) is 6.26. The molecule has 100 valence electrons. The predicted molar refractivity (Wildman–Crippen MR) is 77.3 cm³/mol. The third-order valence-corrected chi connectivity index (χ3v) is 3.68. The van der Waals surface area contributed by atoms with Crippen LogP contribution in [0.2, 0.25) is 5.02 Å². The van der Waals surface area contributed by atoms with E-state index in [0.717, 1.165) is 49.0 Å². The molecular weight excluding hydrogens is 246 g/mol. The van der Waals surface area contributed by atoms with Crippen molar-refractivity contribution in [3.8, 4) is 0 Å². The molecule has 2 heterocycles. The van der Waals surface area contributed by atoms with Crippen LogP contribution >= 0.6 is 11.6 Å². The molecule has 4 heteroatoms. The van der Waals surface area contributed by atoms with Crippen molar-refractivity contribution in [3.63, 3.8) is 0 Å². The van der Waals surface area contributed by atoms with Gasteiger partial charge < -0.3 is 10.2 Å². The number of halogens is 1. The molecule has 0 saturated carbocycles. The number of piperidine rings is 1. The normalized spacial score (nSPS) is 16.0. The summed E-state index contributed by atoms with van der Waals surface area (Å²) in [6.07, 6.45) is 6.81. The fourth-order valence-corrected chi connectivity index (χ4v) is 2.47. The summed E-state index contributed by atoms with van der Waals surface area (Å²) < 4.78 is 0. The molecule has 18 heavy (non-hydrogen) atoms. The minimum Gasteiger partial charge on any atom is -0.357 e. The van der Waals surface area contributed by atoms with Gasteiger partial charge in [-0.25, -0.2) is 4.98 Å². The highest BCUT2D eigenvalue weighted by Crippen LogP contribution is 2.22. The van der Waals surface area contributed by atoms with Gasteiger partial charge >= 0.3 is 0 Å². The average Bonchev–Trinajstić information content (AvgIpc) is 2.42. The number of pyridine rings is 1. The molecule has 1 saturated heterocycles. The van der Waals surface area contributed by atoms with Crippen LogP contribution in [0.1, 0.15) is 38.2 Å². The lowest BCUT2D eigenvalue weighted by atomic mass is 10.1. The van der Waals surface area contributed by atoms with Gasteiger partial charge in [0.25, 0.3) is 0 Å². The van der Waals surface area contributed by atoms with Crippen LogP contribution in [0.4, 0.5) is 5.82 Å². The first-order valence-electron chi connectivity index (χ1n) is 6.91. The lowest BCUT2D eigenvalue weighted by Crippen LogP contribution is -2.30. The van der Waals surface area contributed by atoms with Crippen LogP contribution in [0.3, 0.4) is 0 Å². The van der Waals surface area contributed by atoms with E-state index < -0.39 is 0 Å². The van der Waals surface area contributed by atoms with Crippen molar-refractivity contribution in [1.29, 1.82) is 0 Å². The Morgan fingerprint density at radius 1 is 1.33 bits per heavy atom. The maximum atomic E-state index is 6.19. The number of hydrogen-bond donors (Lipinski definition) is 1. The smallest absolute Gasteiger partial charge is 0.128 e. The summed E-state index contributed by atoms with van der Waals surface area (Å²) in [4.78, 5) is 6.82. The summed E-state index contributed by atoms with van der Waals surface area (Å²) in [5.41, 5.74) is 1.15. The lowest BCUT2D eigenvalue weighted by molar-refractivity contribution is 0.573. The van der Waals surface area contributed by atoms with E-state index in [9.17, 15) is 0 Å².